The summed E-state index contributed by atoms with van der Waals surface area (Å²) < 4.78 is 12.1. The van der Waals surface area contributed by atoms with Crippen molar-refractivity contribution in [2.24, 2.45) is 0 Å². The molecule has 25 heavy (non-hydrogen) atoms. The summed E-state index contributed by atoms with van der Waals surface area (Å²) in [6, 6.07) is -1.11. The number of carbonyl (C=O) groups is 1. The van der Waals surface area contributed by atoms with Gasteiger partial charge in [-0.15, -0.1) is 0 Å². The quantitative estimate of drug-likeness (QED) is 0.328. The molecular weight excluding hydrogens is 326 g/mol. The molecule has 1 fully saturated rings. The van der Waals surface area contributed by atoms with E-state index in [1.54, 1.807) is 0 Å². The maximum atomic E-state index is 12.0. The molecule has 0 bridgehead atoms. The molecule has 7 nitrogen and oxygen atoms in total. The molecular formula is C18H35NO6. The van der Waals surface area contributed by atoms with Crippen LogP contribution in [0.5, 0.6) is 0 Å². The highest BCUT2D eigenvalue weighted by molar-refractivity contribution is 5.76. The Morgan fingerprint density at radius 3 is 2.20 bits per heavy atom. The molecule has 0 aromatic heterocycles. The lowest BCUT2D eigenvalue weighted by Crippen LogP contribution is -2.64. The number of nitrogens with one attached hydrogen (secondary N) is 1. The van der Waals surface area contributed by atoms with Crippen LogP contribution in [0.15, 0.2) is 0 Å². The molecule has 5 atom stereocenters. The Labute approximate surface area is 151 Å². The average molecular weight is 362 g/mol. The maximum Gasteiger partial charge on any atom is 0.220 e. The summed E-state index contributed by atoms with van der Waals surface area (Å²) in [6.45, 7) is -0.00966. The summed E-state index contributed by atoms with van der Waals surface area (Å²) in [5.41, 5.74) is 0. The molecule has 1 saturated heterocycles. The van der Waals surface area contributed by atoms with Crippen LogP contribution in [0.4, 0.5) is 0 Å². The molecule has 148 valence electrons. The second kappa shape index (κ2) is 12.6. The van der Waals surface area contributed by atoms with Crippen LogP contribution in [-0.4, -0.2) is 63.6 Å². The lowest BCUT2D eigenvalue weighted by Gasteiger charge is -2.40. The van der Waals surface area contributed by atoms with Gasteiger partial charge in [-0.25, -0.2) is 0 Å². The highest BCUT2D eigenvalue weighted by atomic mass is 16.6. The minimum absolute atomic E-state index is 0.291. The Morgan fingerprint density at radius 1 is 1.00 bits per heavy atom. The third-order valence-corrected chi connectivity index (χ3v) is 4.63. The molecule has 1 unspecified atom stereocenters. The van der Waals surface area contributed by atoms with Crippen LogP contribution >= 0.6 is 0 Å². The Balaban J connectivity index is 2.11. The number of hydrogen-bond acceptors (Lipinski definition) is 6. The van der Waals surface area contributed by atoms with E-state index in [2.05, 4.69) is 5.32 Å². The van der Waals surface area contributed by atoms with E-state index in [4.69, 9.17) is 11.2 Å². The molecule has 0 spiro atoms. The van der Waals surface area contributed by atoms with Gasteiger partial charge in [-0.1, -0.05) is 58.3 Å². The van der Waals surface area contributed by atoms with Crippen molar-refractivity contribution >= 4 is 5.91 Å². The number of amides is 1. The van der Waals surface area contributed by atoms with Gasteiger partial charge < -0.3 is 30.5 Å². The number of aliphatic hydroxyl groups is 4. The van der Waals surface area contributed by atoms with E-state index in [9.17, 15) is 20.1 Å². The minimum Gasteiger partial charge on any atom is -0.394 e. The van der Waals surface area contributed by atoms with Gasteiger partial charge in [-0.05, 0) is 6.42 Å². The van der Waals surface area contributed by atoms with Gasteiger partial charge in [0, 0.05) is 7.79 Å². The van der Waals surface area contributed by atoms with E-state index >= 15 is 0 Å². The van der Waals surface area contributed by atoms with E-state index < -0.39 is 37.3 Å². The molecule has 1 heterocycles. The Morgan fingerprint density at radius 2 is 1.60 bits per heavy atom. The third-order valence-electron chi connectivity index (χ3n) is 4.63. The maximum absolute atomic E-state index is 12.0. The zero-order valence-corrected chi connectivity index (χ0v) is 15.0. The summed E-state index contributed by atoms with van der Waals surface area (Å²) in [5.74, 6) is -0.304. The summed E-state index contributed by atoms with van der Waals surface area (Å²) >= 11 is 0. The van der Waals surface area contributed by atoms with Crippen molar-refractivity contribution in [3.05, 3.63) is 0 Å². The number of aliphatic hydroxyl groups excluding tert-OH is 4. The highest BCUT2D eigenvalue weighted by Crippen LogP contribution is 2.20. The van der Waals surface area contributed by atoms with Gasteiger partial charge in [0.25, 0.3) is 0 Å². The lowest BCUT2D eigenvalue weighted by molar-refractivity contribution is -0.253. The minimum atomic E-state index is -1.47. The smallest absolute Gasteiger partial charge is 0.220 e. The number of unbranched alkanes of at least 4 members (excludes halogenated alkanes) is 8. The molecule has 1 aliphatic heterocycles. The first kappa shape index (κ1) is 20.6. The summed E-state index contributed by atoms with van der Waals surface area (Å²) in [6.07, 6.45) is 4.59. The largest absolute Gasteiger partial charge is 0.394 e. The first-order valence-corrected chi connectivity index (χ1v) is 9.40. The second-order valence-corrected chi connectivity index (χ2v) is 6.75. The molecule has 1 amide bonds. The van der Waals surface area contributed by atoms with Crippen LogP contribution in [-0.2, 0) is 9.53 Å². The highest BCUT2D eigenvalue weighted by Gasteiger charge is 2.44. The predicted octanol–water partition coefficient (Wildman–Crippen LogP) is 0.823. The van der Waals surface area contributed by atoms with Crippen LogP contribution in [0.1, 0.15) is 72.5 Å². The van der Waals surface area contributed by atoms with Gasteiger partial charge in [-0.3, -0.25) is 4.79 Å². The first-order chi connectivity index (χ1) is 12.5. The van der Waals surface area contributed by atoms with Crippen LogP contribution in [0, 0.1) is 0 Å². The number of rotatable bonds is 12. The predicted molar refractivity (Wildman–Crippen MR) is 93.8 cm³/mol. The fourth-order valence-electron chi connectivity index (χ4n) is 3.03. The zero-order chi connectivity index (χ0) is 19.4. The van der Waals surface area contributed by atoms with Gasteiger partial charge in [0.2, 0.25) is 5.91 Å². The van der Waals surface area contributed by atoms with E-state index in [1.807, 2.05) is 0 Å². The van der Waals surface area contributed by atoms with Gasteiger partial charge in [0.05, 0.1) is 6.61 Å². The normalized spacial score (nSPS) is 30.1. The fourth-order valence-corrected chi connectivity index (χ4v) is 3.03. The van der Waals surface area contributed by atoms with Crippen molar-refractivity contribution in [1.29, 1.82) is 0 Å². The number of ether oxygens (including phenoxy) is 1. The topological polar surface area (TPSA) is 119 Å². The van der Waals surface area contributed by atoms with Crippen molar-refractivity contribution in [1.82, 2.24) is 5.32 Å². The average Bonchev–Trinajstić information content (AvgIpc) is 2.63. The van der Waals surface area contributed by atoms with Gasteiger partial charge >= 0.3 is 0 Å². The molecule has 0 aliphatic carbocycles. The Hall–Kier alpha value is -0.730. The molecule has 0 radical (unpaired) electrons. The van der Waals surface area contributed by atoms with Gasteiger partial charge in [-0.2, -0.15) is 0 Å². The SMILES string of the molecule is [2H]CCCCCCCCCCCC(=O)N[C@H]1C(O)O[C@H](CO)[C@@H](O)[C@@H]1O. The van der Waals surface area contributed by atoms with Gasteiger partial charge in [0.1, 0.15) is 24.4 Å². The van der Waals surface area contributed by atoms with Crippen molar-refractivity contribution in [2.75, 3.05) is 6.61 Å². The molecule has 0 aromatic carbocycles. The first-order valence-electron chi connectivity index (χ1n) is 10.1. The molecule has 1 rings (SSSR count). The standard InChI is InChI=1S/C18H35NO6/c1-2-3-4-5-6-7-8-9-10-11-14(21)19-15-17(23)16(22)13(12-20)25-18(15)24/h13,15-18,20,22-24H,2-12H2,1H3,(H,19,21)/t13-,15-,16-,17-,18?/m1/s1/i1D. The van der Waals surface area contributed by atoms with Crippen LogP contribution in [0.2, 0.25) is 0 Å². The lowest BCUT2D eigenvalue weighted by atomic mass is 9.97. The van der Waals surface area contributed by atoms with E-state index in [0.29, 0.717) is 13.3 Å². The van der Waals surface area contributed by atoms with Crippen molar-refractivity contribution in [2.45, 2.75) is 102 Å². The van der Waals surface area contributed by atoms with Crippen LogP contribution in [0.3, 0.4) is 0 Å². The van der Waals surface area contributed by atoms with E-state index in [1.165, 1.54) is 19.3 Å². The Bertz CT molecular complexity index is 387. The van der Waals surface area contributed by atoms with Crippen LogP contribution in [0.25, 0.3) is 0 Å². The molecule has 1 aliphatic rings. The van der Waals surface area contributed by atoms with E-state index in [-0.39, 0.29) is 5.91 Å². The second-order valence-electron chi connectivity index (χ2n) is 6.75. The summed E-state index contributed by atoms with van der Waals surface area (Å²) in [7, 11) is 0. The van der Waals surface area contributed by atoms with Gasteiger partial charge in [0.15, 0.2) is 6.29 Å². The molecule has 0 saturated carbocycles. The van der Waals surface area contributed by atoms with Crippen LogP contribution < -0.4 is 5.32 Å². The number of carbonyl (C=O) groups excluding carboxylic acids is 1. The number of hydrogen-bond donors (Lipinski definition) is 5. The zero-order valence-electron chi connectivity index (χ0n) is 16.0. The van der Waals surface area contributed by atoms with Crippen molar-refractivity contribution in [3.8, 4) is 0 Å². The molecule has 7 heteroatoms. The Kier molecular flexibility index (Phi) is 10.4. The molecule has 0 aromatic rings. The van der Waals surface area contributed by atoms with Crippen molar-refractivity contribution in [3.63, 3.8) is 0 Å². The third kappa shape index (κ3) is 8.00. The van der Waals surface area contributed by atoms with Crippen molar-refractivity contribution < 1.29 is 31.3 Å². The summed E-state index contributed by atoms with van der Waals surface area (Å²) in [4.78, 5) is 12.0. The monoisotopic (exact) mass is 362 g/mol. The fraction of sp³-hybridized carbons (Fsp3) is 0.944. The molecule has 5 N–H and O–H groups in total. The summed E-state index contributed by atoms with van der Waals surface area (Å²) in [5, 5.41) is 41.1. The van der Waals surface area contributed by atoms with E-state index in [0.717, 1.165) is 38.5 Å².